The van der Waals surface area contributed by atoms with Crippen LogP contribution in [-0.2, 0) is 32.2 Å². The number of fused-ring (bicyclic) bond motifs is 1. The van der Waals surface area contributed by atoms with Crippen LogP contribution in [0, 0.1) is 6.92 Å². The fourth-order valence-electron chi connectivity index (χ4n) is 4.64. The van der Waals surface area contributed by atoms with Gasteiger partial charge in [-0.1, -0.05) is 12.1 Å². The molecule has 0 spiro atoms. The van der Waals surface area contributed by atoms with Crippen molar-refractivity contribution in [2.75, 3.05) is 27.4 Å². The van der Waals surface area contributed by atoms with Gasteiger partial charge in [0.05, 0.1) is 44.6 Å². The molecule has 2 aromatic heterocycles. The Morgan fingerprint density at radius 3 is 2.41 bits per heavy atom. The topological polar surface area (TPSA) is 180 Å². The van der Waals surface area contributed by atoms with Crippen LogP contribution in [-0.4, -0.2) is 91.7 Å². The lowest BCUT2D eigenvalue weighted by atomic mass is 9.96. The fraction of sp³-hybridized carbons (Fsp3) is 0.481. The molecule has 0 amide bonds. The van der Waals surface area contributed by atoms with Crippen molar-refractivity contribution in [1.82, 2.24) is 14.3 Å². The second-order valence-electron chi connectivity index (χ2n) is 9.63. The summed E-state index contributed by atoms with van der Waals surface area (Å²) in [4.78, 5) is 38.7. The third-order valence-corrected chi connectivity index (χ3v) is 7.34. The predicted octanol–water partition coefficient (Wildman–Crippen LogP) is 2.65. The van der Waals surface area contributed by atoms with Crippen LogP contribution >= 0.6 is 11.3 Å². The van der Waals surface area contributed by atoms with Crippen LogP contribution in [0.3, 0.4) is 0 Å². The number of nitrogens with zero attached hydrogens (tertiary/aromatic N) is 3. The van der Waals surface area contributed by atoms with E-state index in [-0.39, 0.29) is 6.10 Å². The number of aryl methyl sites for hydroxylation is 1. The molecule has 41 heavy (non-hydrogen) atoms. The van der Waals surface area contributed by atoms with Crippen molar-refractivity contribution in [1.29, 1.82) is 0 Å². The third kappa shape index (κ3) is 8.39. The number of para-hydroxylation sites is 1. The summed E-state index contributed by atoms with van der Waals surface area (Å²) in [7, 11) is 3.37. The quantitative estimate of drug-likeness (QED) is 0.228. The van der Waals surface area contributed by atoms with E-state index in [0.717, 1.165) is 66.8 Å². The Balaban J connectivity index is 0.000000302. The first-order chi connectivity index (χ1) is 19.5. The van der Waals surface area contributed by atoms with Gasteiger partial charge in [-0.05, 0) is 25.8 Å². The van der Waals surface area contributed by atoms with Crippen molar-refractivity contribution < 1.29 is 49.0 Å². The lowest BCUT2D eigenvalue weighted by molar-refractivity contribution is -0.170. The first kappa shape index (κ1) is 31.8. The highest BCUT2D eigenvalue weighted by molar-refractivity contribution is 7.15. The van der Waals surface area contributed by atoms with Crippen LogP contribution in [0.1, 0.15) is 42.6 Å². The Kier molecular flexibility index (Phi) is 11.1. The van der Waals surface area contributed by atoms with E-state index < -0.39 is 36.4 Å². The van der Waals surface area contributed by atoms with Gasteiger partial charge in [-0.3, -0.25) is 18.9 Å². The SMILES string of the molecule is COc1cccc(CN(Cc2c(C)nc3sccn23)CC2CCCO2)c1OC.O=C(O)CC(O)(CC(=O)O)C(=O)O. The van der Waals surface area contributed by atoms with Gasteiger partial charge in [-0.15, -0.1) is 11.3 Å². The highest BCUT2D eigenvalue weighted by atomic mass is 32.1. The van der Waals surface area contributed by atoms with E-state index in [9.17, 15) is 14.4 Å². The predicted molar refractivity (Wildman–Crippen MR) is 148 cm³/mol. The van der Waals surface area contributed by atoms with Crippen molar-refractivity contribution in [2.24, 2.45) is 0 Å². The zero-order valence-electron chi connectivity index (χ0n) is 23.1. The van der Waals surface area contributed by atoms with Crippen LogP contribution in [0.5, 0.6) is 11.5 Å². The van der Waals surface area contributed by atoms with Crippen molar-refractivity contribution in [2.45, 2.75) is 57.4 Å². The molecule has 4 rings (SSSR count). The van der Waals surface area contributed by atoms with Gasteiger partial charge < -0.3 is 34.6 Å². The number of hydrogen-bond acceptors (Lipinski definition) is 10. The number of carbonyl (C=O) groups is 3. The number of imidazole rings is 1. The summed E-state index contributed by atoms with van der Waals surface area (Å²) in [5.41, 5.74) is 0.694. The molecule has 1 saturated heterocycles. The molecule has 0 aliphatic carbocycles. The zero-order valence-corrected chi connectivity index (χ0v) is 23.9. The number of ether oxygens (including phenoxy) is 3. The molecule has 1 atom stereocenters. The monoisotopic (exact) mass is 593 g/mol. The maximum Gasteiger partial charge on any atom is 0.336 e. The largest absolute Gasteiger partial charge is 0.493 e. The van der Waals surface area contributed by atoms with Crippen molar-refractivity contribution in [3.05, 3.63) is 46.7 Å². The van der Waals surface area contributed by atoms with Crippen molar-refractivity contribution in [3.63, 3.8) is 0 Å². The minimum atomic E-state index is -2.74. The van der Waals surface area contributed by atoms with E-state index in [1.807, 2.05) is 12.1 Å². The molecule has 13 nitrogen and oxygen atoms in total. The van der Waals surface area contributed by atoms with Gasteiger partial charge in [-0.25, -0.2) is 9.78 Å². The molecule has 1 fully saturated rings. The highest BCUT2D eigenvalue weighted by Gasteiger charge is 2.40. The number of hydrogen-bond donors (Lipinski definition) is 4. The molecule has 1 aliphatic rings. The Bertz CT molecular complexity index is 1330. The Hall–Kier alpha value is -3.72. The van der Waals surface area contributed by atoms with E-state index in [2.05, 4.69) is 33.9 Å². The summed E-state index contributed by atoms with van der Waals surface area (Å²) in [5.74, 6) is -3.46. The maximum atomic E-state index is 10.3. The van der Waals surface area contributed by atoms with Crippen LogP contribution in [0.4, 0.5) is 0 Å². The molecule has 4 N–H and O–H groups in total. The molecular formula is C27H35N3O10S. The molecule has 14 heteroatoms. The molecule has 0 bridgehead atoms. The normalized spacial score (nSPS) is 15.0. The zero-order chi connectivity index (χ0) is 30.2. The first-order valence-corrected chi connectivity index (χ1v) is 13.7. The standard InChI is InChI=1S/C21H27N3O3S.C6H8O7/c1-15-18(24-9-11-28-21(24)22-15)14-23(13-17-7-5-10-27-17)12-16-6-4-8-19(25-2)20(16)26-3;7-3(8)1-6(13,5(11)12)2-4(9)10/h4,6,8-9,11,17H,5,7,10,12-14H2,1-3H3;13H,1-2H2,(H,7,8)(H,9,10)(H,11,12). The molecular weight excluding hydrogens is 558 g/mol. The summed E-state index contributed by atoms with van der Waals surface area (Å²) < 4.78 is 19.3. The second kappa shape index (κ2) is 14.3. The molecule has 1 aromatic carbocycles. The van der Waals surface area contributed by atoms with Gasteiger partial charge in [0.25, 0.3) is 0 Å². The average molecular weight is 594 g/mol. The highest BCUT2D eigenvalue weighted by Crippen LogP contribution is 2.32. The lowest BCUT2D eigenvalue weighted by Crippen LogP contribution is -2.42. The molecule has 1 aliphatic heterocycles. The fourth-order valence-corrected chi connectivity index (χ4v) is 5.42. The van der Waals surface area contributed by atoms with Crippen LogP contribution in [0.2, 0.25) is 0 Å². The number of methoxy groups -OCH3 is 2. The van der Waals surface area contributed by atoms with E-state index in [0.29, 0.717) is 0 Å². The third-order valence-electron chi connectivity index (χ3n) is 6.58. The van der Waals surface area contributed by atoms with Gasteiger partial charge in [0.2, 0.25) is 0 Å². The Morgan fingerprint density at radius 1 is 1.15 bits per heavy atom. The summed E-state index contributed by atoms with van der Waals surface area (Å²) in [5, 5.41) is 35.9. The van der Waals surface area contributed by atoms with Crippen LogP contribution < -0.4 is 9.47 Å². The second-order valence-corrected chi connectivity index (χ2v) is 10.5. The molecule has 3 heterocycles. The molecule has 0 saturated carbocycles. The lowest BCUT2D eigenvalue weighted by Gasteiger charge is -2.26. The summed E-state index contributed by atoms with van der Waals surface area (Å²) >= 11 is 1.67. The minimum Gasteiger partial charge on any atom is -0.493 e. The minimum absolute atomic E-state index is 0.280. The van der Waals surface area contributed by atoms with E-state index in [4.69, 9.17) is 39.6 Å². The van der Waals surface area contributed by atoms with Crippen molar-refractivity contribution in [3.8, 4) is 11.5 Å². The average Bonchev–Trinajstić information content (AvgIpc) is 3.63. The van der Waals surface area contributed by atoms with Gasteiger partial charge in [0, 0.05) is 43.4 Å². The smallest absolute Gasteiger partial charge is 0.336 e. The number of aliphatic hydroxyl groups is 1. The van der Waals surface area contributed by atoms with Gasteiger partial charge in [-0.2, -0.15) is 0 Å². The number of rotatable bonds is 13. The van der Waals surface area contributed by atoms with E-state index in [1.54, 1.807) is 25.6 Å². The number of carboxylic acid groups (broad SMARTS) is 3. The summed E-state index contributed by atoms with van der Waals surface area (Å²) in [6.07, 6.45) is 2.35. The number of aliphatic carboxylic acids is 3. The summed E-state index contributed by atoms with van der Waals surface area (Å²) in [6.45, 7) is 5.41. The van der Waals surface area contributed by atoms with Gasteiger partial charge in [0.15, 0.2) is 22.1 Å². The molecule has 1 unspecified atom stereocenters. The summed E-state index contributed by atoms with van der Waals surface area (Å²) in [6, 6.07) is 6.05. The molecule has 224 valence electrons. The van der Waals surface area contributed by atoms with Crippen LogP contribution in [0.15, 0.2) is 29.8 Å². The number of carboxylic acids is 3. The molecule has 3 aromatic rings. The Labute approximate surface area is 240 Å². The maximum absolute atomic E-state index is 10.3. The van der Waals surface area contributed by atoms with Gasteiger partial charge >= 0.3 is 17.9 Å². The van der Waals surface area contributed by atoms with Crippen LogP contribution in [0.25, 0.3) is 4.96 Å². The number of thiazole rings is 1. The molecule has 0 radical (unpaired) electrons. The van der Waals surface area contributed by atoms with Crippen molar-refractivity contribution >= 4 is 34.2 Å². The number of aromatic nitrogens is 2. The van der Waals surface area contributed by atoms with Gasteiger partial charge in [0.1, 0.15) is 0 Å². The van der Waals surface area contributed by atoms with E-state index in [1.165, 1.54) is 5.69 Å². The number of benzene rings is 1. The Morgan fingerprint density at radius 2 is 1.85 bits per heavy atom. The first-order valence-electron chi connectivity index (χ1n) is 12.8. The van der Waals surface area contributed by atoms with E-state index >= 15 is 0 Å².